The first-order chi connectivity index (χ1) is 26.4. The van der Waals surface area contributed by atoms with Gasteiger partial charge in [-0.3, -0.25) is 19.4 Å². The van der Waals surface area contributed by atoms with Gasteiger partial charge >= 0.3 is 12.2 Å². The smallest absolute Gasteiger partial charge is 0.407 e. The average Bonchev–Trinajstić information content (AvgIpc) is 3.48. The van der Waals surface area contributed by atoms with Crippen molar-refractivity contribution in [2.24, 2.45) is 0 Å². The highest BCUT2D eigenvalue weighted by Crippen LogP contribution is 2.42. The number of ether oxygens (including phenoxy) is 2. The number of amides is 4. The number of rotatable bonds is 12. The Balaban J connectivity index is 1.18. The van der Waals surface area contributed by atoms with E-state index in [1.165, 1.54) is 17.0 Å². The summed E-state index contributed by atoms with van der Waals surface area (Å²) in [5.74, 6) is -0.816. The van der Waals surface area contributed by atoms with Gasteiger partial charge in [0.25, 0.3) is 0 Å². The fraction of sp³-hybridized carbons (Fsp3) is 0.463. The largest absolute Gasteiger partial charge is 0.465 e. The summed E-state index contributed by atoms with van der Waals surface area (Å²) in [4.78, 5) is 60.4. The lowest BCUT2D eigenvalue weighted by Gasteiger charge is -2.47. The van der Waals surface area contributed by atoms with Gasteiger partial charge in [0.2, 0.25) is 11.8 Å². The Morgan fingerprint density at radius 2 is 1.64 bits per heavy atom. The minimum Gasteiger partial charge on any atom is -0.465 e. The highest BCUT2D eigenvalue weighted by atomic mass is 19.1. The highest BCUT2D eigenvalue weighted by molar-refractivity contribution is 6.03. The van der Waals surface area contributed by atoms with E-state index in [4.69, 9.17) is 9.47 Å². The second-order valence-corrected chi connectivity index (χ2v) is 15.0. The van der Waals surface area contributed by atoms with Crippen molar-refractivity contribution >= 4 is 29.7 Å². The number of morpholine rings is 1. The van der Waals surface area contributed by atoms with Gasteiger partial charge in [-0.25, -0.2) is 14.0 Å². The molecule has 0 saturated carbocycles. The van der Waals surface area contributed by atoms with Crippen LogP contribution in [0, 0.1) is 5.82 Å². The van der Waals surface area contributed by atoms with Gasteiger partial charge in [0.05, 0.1) is 25.2 Å². The topological polar surface area (TPSA) is 144 Å². The summed E-state index contributed by atoms with van der Waals surface area (Å²) in [6.07, 6.45) is -1.08. The van der Waals surface area contributed by atoms with E-state index in [-0.39, 0.29) is 75.1 Å². The summed E-state index contributed by atoms with van der Waals surface area (Å²) in [6.45, 7) is 9.42. The minimum absolute atomic E-state index is 0.0372. The number of halogens is 1. The van der Waals surface area contributed by atoms with Crippen molar-refractivity contribution in [2.45, 2.75) is 57.3 Å². The van der Waals surface area contributed by atoms with Crippen molar-refractivity contribution in [1.82, 2.24) is 25.3 Å². The lowest BCUT2D eigenvalue weighted by molar-refractivity contribution is -0.126. The normalized spacial score (nSPS) is 22.9. The lowest BCUT2D eigenvalue weighted by atomic mass is 9.83. The molecule has 6 rings (SSSR count). The van der Waals surface area contributed by atoms with Crippen molar-refractivity contribution in [3.63, 3.8) is 0 Å². The number of nitrogens with one attached hydrogen (secondary N) is 2. The number of carbonyl (C=O) groups excluding carboxylic acids is 3. The van der Waals surface area contributed by atoms with Gasteiger partial charge in [-0.1, -0.05) is 54.6 Å². The van der Waals surface area contributed by atoms with Crippen LogP contribution in [0.3, 0.4) is 0 Å². The molecule has 3 aliphatic rings. The first-order valence-electron chi connectivity index (χ1n) is 18.9. The first kappa shape index (κ1) is 39.6. The zero-order valence-corrected chi connectivity index (χ0v) is 31.7. The number of nitrogens with zero attached hydrogens (tertiary/aromatic N) is 4. The van der Waals surface area contributed by atoms with Crippen LogP contribution in [0.5, 0.6) is 0 Å². The molecule has 2 saturated heterocycles. The van der Waals surface area contributed by atoms with Crippen molar-refractivity contribution in [3.8, 4) is 0 Å². The molecule has 3 aromatic carbocycles. The zero-order valence-electron chi connectivity index (χ0n) is 31.7. The quantitative estimate of drug-likeness (QED) is 0.235. The number of hydrogen-bond acceptors (Lipinski definition) is 8. The van der Waals surface area contributed by atoms with E-state index < -0.39 is 17.6 Å². The van der Waals surface area contributed by atoms with Crippen LogP contribution < -0.4 is 15.5 Å². The summed E-state index contributed by atoms with van der Waals surface area (Å²) < 4.78 is 24.6. The van der Waals surface area contributed by atoms with Crippen LogP contribution in [0.25, 0.3) is 0 Å². The number of hydrogen-bond donors (Lipinski definition) is 3. The third-order valence-electron chi connectivity index (χ3n) is 10.9. The molecule has 294 valence electrons. The van der Waals surface area contributed by atoms with Crippen LogP contribution in [0.1, 0.15) is 43.0 Å². The van der Waals surface area contributed by atoms with Crippen molar-refractivity contribution in [3.05, 3.63) is 101 Å². The number of fused-ring (bicyclic) bond motifs is 1. The predicted molar refractivity (Wildman–Crippen MR) is 204 cm³/mol. The molecule has 0 spiro atoms. The summed E-state index contributed by atoms with van der Waals surface area (Å²) in [5.41, 5.74) is 2.87. The molecule has 3 N–H and O–H groups in total. The number of anilines is 1. The Bertz CT molecular complexity index is 1830. The standard InChI is InChI=1S/C41H51FN6O7/c1-28-21-46(34(23-47(28)40(52)53)22-45-17-18-54-25-29(45)2)24-37(49)48-27-41(3,35-14-11-32(20-36(35)48)19-30-9-12-33(42)13-10-30)38(50)43-15-16-44-39(51)55-26-31-7-5-4-6-8-31/h4-14,20,28-29,34H,15-19,21-27H2,1-3H3,(H,43,50)(H,44,51)(H,52,53)/t28-,29-,34+,41-/m1/s1. The molecule has 3 heterocycles. The fourth-order valence-electron chi connectivity index (χ4n) is 7.73. The van der Waals surface area contributed by atoms with E-state index in [0.717, 1.165) is 23.2 Å². The van der Waals surface area contributed by atoms with Crippen LogP contribution in [-0.4, -0.2) is 128 Å². The molecule has 55 heavy (non-hydrogen) atoms. The van der Waals surface area contributed by atoms with Gasteiger partial charge in [0.15, 0.2) is 0 Å². The van der Waals surface area contributed by atoms with Crippen LogP contribution in [0.2, 0.25) is 0 Å². The Morgan fingerprint density at radius 3 is 2.36 bits per heavy atom. The minimum atomic E-state index is -1.11. The number of carbonyl (C=O) groups is 4. The van der Waals surface area contributed by atoms with Crippen molar-refractivity contribution in [2.75, 3.05) is 70.5 Å². The molecule has 0 aliphatic carbocycles. The SMILES string of the molecule is C[C@@H]1COCCN1C[C@H]1CN(C(=O)O)[C@H](C)CN1CC(=O)N1C[C@@](C)(C(=O)NCCNC(=O)OCc2ccccc2)c2ccc(Cc3ccc(F)cc3)cc21. The second kappa shape index (κ2) is 17.6. The monoisotopic (exact) mass is 758 g/mol. The predicted octanol–water partition coefficient (Wildman–Crippen LogP) is 3.84. The molecule has 0 unspecified atom stereocenters. The van der Waals surface area contributed by atoms with Crippen LogP contribution in [-0.2, 0) is 37.5 Å². The molecular formula is C41H51FN6O7. The average molecular weight is 759 g/mol. The molecule has 4 atom stereocenters. The van der Waals surface area contributed by atoms with Gasteiger partial charge in [-0.2, -0.15) is 0 Å². The van der Waals surface area contributed by atoms with E-state index >= 15 is 0 Å². The number of benzene rings is 3. The molecule has 0 bridgehead atoms. The summed E-state index contributed by atoms with van der Waals surface area (Å²) in [6, 6.07) is 20.9. The number of piperazine rings is 1. The van der Waals surface area contributed by atoms with Gasteiger partial charge in [-0.05, 0) is 67.6 Å². The van der Waals surface area contributed by atoms with Crippen molar-refractivity contribution in [1.29, 1.82) is 0 Å². The fourth-order valence-corrected chi connectivity index (χ4v) is 7.73. The molecular weight excluding hydrogens is 707 g/mol. The van der Waals surface area contributed by atoms with Crippen LogP contribution >= 0.6 is 0 Å². The first-order valence-corrected chi connectivity index (χ1v) is 18.9. The lowest BCUT2D eigenvalue weighted by Crippen LogP contribution is -2.64. The van der Waals surface area contributed by atoms with Gasteiger partial charge in [-0.15, -0.1) is 0 Å². The van der Waals surface area contributed by atoms with E-state index in [1.54, 1.807) is 17.0 Å². The number of carboxylic acid groups (broad SMARTS) is 1. The molecule has 2 fully saturated rings. The van der Waals surface area contributed by atoms with Crippen LogP contribution in [0.4, 0.5) is 19.7 Å². The van der Waals surface area contributed by atoms with Gasteiger partial charge < -0.3 is 35.0 Å². The molecule has 14 heteroatoms. The maximum absolute atomic E-state index is 14.5. The Hall–Kier alpha value is -5.05. The summed E-state index contributed by atoms with van der Waals surface area (Å²) in [5, 5.41) is 15.6. The molecule has 0 aromatic heterocycles. The molecule has 0 radical (unpaired) electrons. The van der Waals surface area contributed by atoms with Gasteiger partial charge in [0.1, 0.15) is 12.4 Å². The van der Waals surface area contributed by atoms with E-state index in [2.05, 4.69) is 27.4 Å². The van der Waals surface area contributed by atoms with Crippen LogP contribution in [0.15, 0.2) is 72.8 Å². The summed E-state index contributed by atoms with van der Waals surface area (Å²) in [7, 11) is 0. The van der Waals surface area contributed by atoms with Gasteiger partial charge in [0, 0.05) is 69.6 Å². The summed E-state index contributed by atoms with van der Waals surface area (Å²) >= 11 is 0. The maximum Gasteiger partial charge on any atom is 0.407 e. The van der Waals surface area contributed by atoms with E-state index in [1.807, 2.05) is 62.4 Å². The molecule has 4 amide bonds. The maximum atomic E-state index is 14.5. The van der Waals surface area contributed by atoms with Crippen molar-refractivity contribution < 1.29 is 38.1 Å². The third-order valence-corrected chi connectivity index (χ3v) is 10.9. The number of alkyl carbamates (subject to hydrolysis) is 1. The Kier molecular flexibility index (Phi) is 12.7. The molecule has 3 aromatic rings. The third kappa shape index (κ3) is 9.61. The Morgan fingerprint density at radius 1 is 0.909 bits per heavy atom. The van der Waals surface area contributed by atoms with E-state index in [9.17, 15) is 28.7 Å². The Labute approximate surface area is 321 Å². The molecule has 3 aliphatic heterocycles. The van der Waals surface area contributed by atoms with E-state index in [0.29, 0.717) is 44.0 Å². The second-order valence-electron chi connectivity index (χ2n) is 15.0. The zero-order chi connectivity index (χ0) is 39.1. The highest BCUT2D eigenvalue weighted by Gasteiger charge is 2.47. The molecule has 13 nitrogen and oxygen atoms in total.